The molecule has 0 unspecified atom stereocenters. The van der Waals surface area contributed by atoms with Crippen LogP contribution in [0.25, 0.3) is 0 Å². The summed E-state index contributed by atoms with van der Waals surface area (Å²) in [4.78, 5) is 11.5. The lowest BCUT2D eigenvalue weighted by atomic mass is 9.95. The number of hydrogen-bond donors (Lipinski definition) is 1. The van der Waals surface area contributed by atoms with Crippen molar-refractivity contribution in [1.29, 1.82) is 0 Å². The van der Waals surface area contributed by atoms with Crippen molar-refractivity contribution in [3.8, 4) is 0 Å². The number of rotatable bonds is 5. The van der Waals surface area contributed by atoms with Crippen LogP contribution in [0.4, 0.5) is 0 Å². The molecule has 0 aromatic heterocycles. The van der Waals surface area contributed by atoms with Gasteiger partial charge in [0.25, 0.3) is 0 Å². The van der Waals surface area contributed by atoms with E-state index in [4.69, 9.17) is 4.74 Å². The highest BCUT2D eigenvalue weighted by atomic mass is 16.5. The predicted molar refractivity (Wildman–Crippen MR) is 73.7 cm³/mol. The second-order valence-corrected chi connectivity index (χ2v) is 4.75. The van der Waals surface area contributed by atoms with Crippen LogP contribution in [0, 0.1) is 27.7 Å². The molecular formula is C15H23NO2. The maximum atomic E-state index is 11.5. The largest absolute Gasteiger partial charge is 0.461 e. The van der Waals surface area contributed by atoms with Crippen molar-refractivity contribution in [2.45, 2.75) is 40.7 Å². The molecule has 100 valence electrons. The van der Waals surface area contributed by atoms with E-state index in [1.165, 1.54) is 22.3 Å². The molecule has 0 amide bonds. The molecule has 1 aromatic carbocycles. The maximum Gasteiger partial charge on any atom is 0.307 e. The number of esters is 1. The first-order valence-electron chi connectivity index (χ1n) is 6.33. The Balaban J connectivity index is 2.76. The molecule has 0 radical (unpaired) electrons. The zero-order valence-electron chi connectivity index (χ0n) is 12.0. The number of hydrogen-bond acceptors (Lipinski definition) is 3. The Labute approximate surface area is 110 Å². The Bertz CT molecular complexity index is 412. The number of ether oxygens (including phenoxy) is 1. The van der Waals surface area contributed by atoms with Crippen LogP contribution in [-0.4, -0.2) is 19.6 Å². The SMILES string of the molecule is CNCCC(=O)OCc1c(C)c(C)cc(C)c1C. The minimum absolute atomic E-state index is 0.151. The number of carbonyl (C=O) groups is 1. The second kappa shape index (κ2) is 6.55. The van der Waals surface area contributed by atoms with E-state index in [0.717, 1.165) is 5.56 Å². The van der Waals surface area contributed by atoms with Gasteiger partial charge in [-0.15, -0.1) is 0 Å². The van der Waals surface area contributed by atoms with E-state index < -0.39 is 0 Å². The molecule has 0 spiro atoms. The zero-order chi connectivity index (χ0) is 13.7. The summed E-state index contributed by atoms with van der Waals surface area (Å²) in [6, 6.07) is 2.18. The van der Waals surface area contributed by atoms with Gasteiger partial charge in [-0.1, -0.05) is 6.07 Å². The van der Waals surface area contributed by atoms with E-state index in [0.29, 0.717) is 19.6 Å². The second-order valence-electron chi connectivity index (χ2n) is 4.75. The van der Waals surface area contributed by atoms with E-state index in [1.54, 1.807) is 0 Å². The van der Waals surface area contributed by atoms with Crippen LogP contribution < -0.4 is 5.32 Å². The number of aryl methyl sites for hydroxylation is 2. The van der Waals surface area contributed by atoms with Gasteiger partial charge in [-0.3, -0.25) is 4.79 Å². The fraction of sp³-hybridized carbons (Fsp3) is 0.533. The summed E-state index contributed by atoms with van der Waals surface area (Å²) in [5.74, 6) is -0.151. The number of nitrogens with one attached hydrogen (secondary N) is 1. The van der Waals surface area contributed by atoms with Gasteiger partial charge in [0, 0.05) is 6.54 Å². The molecule has 0 atom stereocenters. The van der Waals surface area contributed by atoms with Crippen LogP contribution in [-0.2, 0) is 16.1 Å². The Morgan fingerprint density at radius 3 is 2.22 bits per heavy atom. The van der Waals surface area contributed by atoms with Crippen LogP contribution in [0.1, 0.15) is 34.2 Å². The van der Waals surface area contributed by atoms with Crippen LogP contribution >= 0.6 is 0 Å². The fourth-order valence-electron chi connectivity index (χ4n) is 1.97. The van der Waals surface area contributed by atoms with Crippen LogP contribution in [0.15, 0.2) is 6.07 Å². The molecule has 0 aliphatic rings. The number of carbonyl (C=O) groups excluding carboxylic acids is 1. The molecule has 0 saturated heterocycles. The molecule has 3 nitrogen and oxygen atoms in total. The van der Waals surface area contributed by atoms with E-state index in [1.807, 2.05) is 7.05 Å². The molecule has 0 aliphatic heterocycles. The molecule has 0 saturated carbocycles. The smallest absolute Gasteiger partial charge is 0.307 e. The van der Waals surface area contributed by atoms with Gasteiger partial charge < -0.3 is 10.1 Å². The summed E-state index contributed by atoms with van der Waals surface area (Å²) in [5.41, 5.74) is 6.09. The van der Waals surface area contributed by atoms with Gasteiger partial charge in [-0.2, -0.15) is 0 Å². The van der Waals surface area contributed by atoms with Crippen molar-refractivity contribution in [2.24, 2.45) is 0 Å². The van der Waals surface area contributed by atoms with E-state index in [9.17, 15) is 4.79 Å². The first kappa shape index (κ1) is 14.7. The summed E-state index contributed by atoms with van der Waals surface area (Å²) in [6.07, 6.45) is 0.416. The monoisotopic (exact) mass is 249 g/mol. The molecule has 0 fully saturated rings. The molecule has 0 heterocycles. The van der Waals surface area contributed by atoms with Crippen LogP contribution in [0.5, 0.6) is 0 Å². The van der Waals surface area contributed by atoms with E-state index >= 15 is 0 Å². The lowest BCUT2D eigenvalue weighted by molar-refractivity contribution is -0.144. The van der Waals surface area contributed by atoms with Gasteiger partial charge in [-0.05, 0) is 62.6 Å². The zero-order valence-corrected chi connectivity index (χ0v) is 12.0. The standard InChI is InChI=1S/C15H23NO2/c1-10-8-11(2)13(4)14(12(10)3)9-18-15(17)6-7-16-5/h8,16H,6-7,9H2,1-5H3. The normalized spacial score (nSPS) is 10.5. The average molecular weight is 249 g/mol. The first-order valence-corrected chi connectivity index (χ1v) is 6.33. The van der Waals surface area contributed by atoms with Gasteiger partial charge in [0.05, 0.1) is 6.42 Å². The third kappa shape index (κ3) is 3.57. The highest BCUT2D eigenvalue weighted by Crippen LogP contribution is 2.22. The van der Waals surface area contributed by atoms with Gasteiger partial charge in [0.15, 0.2) is 0 Å². The Morgan fingerprint density at radius 2 is 1.72 bits per heavy atom. The van der Waals surface area contributed by atoms with Crippen LogP contribution in [0.3, 0.4) is 0 Å². The minimum atomic E-state index is -0.151. The van der Waals surface area contributed by atoms with Crippen molar-refractivity contribution in [1.82, 2.24) is 5.32 Å². The van der Waals surface area contributed by atoms with Gasteiger partial charge in [0.2, 0.25) is 0 Å². The number of benzene rings is 1. The third-order valence-electron chi connectivity index (χ3n) is 3.48. The summed E-state index contributed by atoms with van der Waals surface area (Å²) >= 11 is 0. The highest BCUT2D eigenvalue weighted by molar-refractivity contribution is 5.69. The quantitative estimate of drug-likeness (QED) is 0.815. The molecule has 18 heavy (non-hydrogen) atoms. The predicted octanol–water partition coefficient (Wildman–Crippen LogP) is 2.57. The van der Waals surface area contributed by atoms with Crippen molar-refractivity contribution in [3.05, 3.63) is 33.9 Å². The highest BCUT2D eigenvalue weighted by Gasteiger charge is 2.10. The molecule has 1 N–H and O–H groups in total. The molecule has 0 bridgehead atoms. The topological polar surface area (TPSA) is 38.3 Å². The van der Waals surface area contributed by atoms with Crippen molar-refractivity contribution in [2.75, 3.05) is 13.6 Å². The van der Waals surface area contributed by atoms with Crippen LogP contribution in [0.2, 0.25) is 0 Å². The van der Waals surface area contributed by atoms with Gasteiger partial charge in [-0.25, -0.2) is 0 Å². The van der Waals surface area contributed by atoms with E-state index in [-0.39, 0.29) is 5.97 Å². The lowest BCUT2D eigenvalue weighted by Gasteiger charge is -2.15. The molecular weight excluding hydrogens is 226 g/mol. The molecule has 1 aromatic rings. The Morgan fingerprint density at radius 1 is 1.17 bits per heavy atom. The molecule has 1 rings (SSSR count). The van der Waals surface area contributed by atoms with Gasteiger partial charge in [0.1, 0.15) is 6.61 Å². The summed E-state index contributed by atoms with van der Waals surface area (Å²) in [6.45, 7) is 9.38. The van der Waals surface area contributed by atoms with Crippen molar-refractivity contribution in [3.63, 3.8) is 0 Å². The fourth-order valence-corrected chi connectivity index (χ4v) is 1.97. The molecule has 0 aliphatic carbocycles. The van der Waals surface area contributed by atoms with Gasteiger partial charge >= 0.3 is 5.97 Å². The third-order valence-corrected chi connectivity index (χ3v) is 3.48. The minimum Gasteiger partial charge on any atom is -0.461 e. The summed E-state index contributed by atoms with van der Waals surface area (Å²) in [5, 5.41) is 2.94. The first-order chi connectivity index (χ1) is 8.47. The van der Waals surface area contributed by atoms with Crippen molar-refractivity contribution >= 4 is 5.97 Å². The summed E-state index contributed by atoms with van der Waals surface area (Å²) < 4.78 is 5.32. The lowest BCUT2D eigenvalue weighted by Crippen LogP contribution is -2.15. The molecule has 3 heteroatoms. The summed E-state index contributed by atoms with van der Waals surface area (Å²) in [7, 11) is 1.82. The Kier molecular flexibility index (Phi) is 5.35. The average Bonchev–Trinajstić information content (AvgIpc) is 2.34. The maximum absolute atomic E-state index is 11.5. The van der Waals surface area contributed by atoms with E-state index in [2.05, 4.69) is 39.1 Å². The Hall–Kier alpha value is -1.35. The van der Waals surface area contributed by atoms with Crippen molar-refractivity contribution < 1.29 is 9.53 Å².